The van der Waals surface area contributed by atoms with Crippen molar-refractivity contribution in [1.82, 2.24) is 5.32 Å². The Morgan fingerprint density at radius 3 is 2.60 bits per heavy atom. The van der Waals surface area contributed by atoms with Gasteiger partial charge in [-0.3, -0.25) is 4.79 Å². The van der Waals surface area contributed by atoms with Crippen LogP contribution in [0.25, 0.3) is 0 Å². The number of halogens is 1. The first-order valence-corrected chi connectivity index (χ1v) is 8.71. The number of nitrogen functional groups attached to an aromatic ring is 1. The van der Waals surface area contributed by atoms with Crippen molar-refractivity contribution in [2.45, 2.75) is 25.2 Å². The maximum atomic E-state index is 12.1. The zero-order valence-electron chi connectivity index (χ0n) is 11.5. The number of hydrogen-bond acceptors (Lipinski definition) is 4. The number of benzene rings is 1. The van der Waals surface area contributed by atoms with Gasteiger partial charge in [0.25, 0.3) is 0 Å². The highest BCUT2D eigenvalue weighted by atomic mass is 79.9. The molecule has 1 rings (SSSR count). The third kappa shape index (κ3) is 5.13. The number of sulfone groups is 1. The molecule has 0 aliphatic rings. The fourth-order valence-electron chi connectivity index (χ4n) is 1.60. The maximum Gasteiger partial charge on any atom is 0.235 e. The van der Waals surface area contributed by atoms with Gasteiger partial charge in [0.1, 0.15) is 5.75 Å². The number of hydrogen-bond donors (Lipinski definition) is 2. The van der Waals surface area contributed by atoms with Crippen LogP contribution < -0.4 is 11.1 Å². The highest BCUT2D eigenvalue weighted by Crippen LogP contribution is 2.23. The average Bonchev–Trinajstić information content (AvgIpc) is 2.26. The Morgan fingerprint density at radius 2 is 2.05 bits per heavy atom. The van der Waals surface area contributed by atoms with E-state index in [-0.39, 0.29) is 10.6 Å². The second-order valence-electron chi connectivity index (χ2n) is 4.97. The summed E-state index contributed by atoms with van der Waals surface area (Å²) in [5, 5.41) is 2.60. The molecule has 0 aliphatic carbocycles. The van der Waals surface area contributed by atoms with Crippen molar-refractivity contribution in [3.05, 3.63) is 22.7 Å². The minimum Gasteiger partial charge on any atom is -0.398 e. The number of nitrogens with two attached hydrogens (primary N) is 1. The normalized spacial score (nSPS) is 11.6. The third-order valence-corrected chi connectivity index (χ3v) is 4.85. The molecule has 0 saturated carbocycles. The summed E-state index contributed by atoms with van der Waals surface area (Å²) >= 11 is 3.21. The van der Waals surface area contributed by atoms with Gasteiger partial charge in [0, 0.05) is 11.0 Å². The van der Waals surface area contributed by atoms with Crippen molar-refractivity contribution in [3.8, 4) is 0 Å². The molecule has 0 fully saturated rings. The van der Waals surface area contributed by atoms with Gasteiger partial charge in [0.15, 0.2) is 9.84 Å². The molecule has 0 aromatic heterocycles. The van der Waals surface area contributed by atoms with Crippen LogP contribution in [0.15, 0.2) is 27.6 Å². The minimum atomic E-state index is -3.72. The molecule has 0 atom stereocenters. The van der Waals surface area contributed by atoms with Crippen LogP contribution >= 0.6 is 15.9 Å². The summed E-state index contributed by atoms with van der Waals surface area (Å²) in [4.78, 5) is 11.6. The van der Waals surface area contributed by atoms with E-state index in [1.165, 1.54) is 12.1 Å². The molecular formula is C13H19BrN2O3S. The van der Waals surface area contributed by atoms with Crippen LogP contribution in [0.2, 0.25) is 0 Å². The number of rotatable bonds is 6. The molecule has 0 heterocycles. The molecule has 5 nitrogen and oxygen atoms in total. The van der Waals surface area contributed by atoms with E-state index in [1.807, 2.05) is 13.8 Å². The van der Waals surface area contributed by atoms with Crippen molar-refractivity contribution in [2.75, 3.05) is 18.0 Å². The minimum absolute atomic E-state index is 0.0142. The predicted octanol–water partition coefficient (Wildman–Crippen LogP) is 1.97. The van der Waals surface area contributed by atoms with Gasteiger partial charge >= 0.3 is 0 Å². The van der Waals surface area contributed by atoms with Crippen LogP contribution in [0.4, 0.5) is 5.69 Å². The van der Waals surface area contributed by atoms with Crippen LogP contribution in [0.1, 0.15) is 20.3 Å². The highest BCUT2D eigenvalue weighted by Gasteiger charge is 2.21. The quantitative estimate of drug-likeness (QED) is 0.757. The van der Waals surface area contributed by atoms with Gasteiger partial charge in [-0.2, -0.15) is 0 Å². The van der Waals surface area contributed by atoms with E-state index in [9.17, 15) is 13.2 Å². The molecule has 0 aliphatic heterocycles. The molecule has 0 radical (unpaired) electrons. The fraction of sp³-hybridized carbons (Fsp3) is 0.462. The highest BCUT2D eigenvalue weighted by molar-refractivity contribution is 9.10. The second-order valence-corrected chi connectivity index (χ2v) is 7.85. The molecule has 0 bridgehead atoms. The first-order chi connectivity index (χ1) is 9.22. The van der Waals surface area contributed by atoms with E-state index < -0.39 is 21.5 Å². The van der Waals surface area contributed by atoms with Crippen molar-refractivity contribution in [2.24, 2.45) is 5.92 Å². The number of nitrogens with one attached hydrogen (secondary N) is 1. The summed E-state index contributed by atoms with van der Waals surface area (Å²) in [6, 6.07) is 4.49. The number of anilines is 1. The standard InChI is InChI=1S/C13H19BrN2O3S/c1-9(2)5-6-16-13(17)8-20(18,19)12-4-3-10(14)7-11(12)15/h3-4,7,9H,5-6,8,15H2,1-2H3,(H,16,17). The Labute approximate surface area is 128 Å². The first kappa shape index (κ1) is 17.0. The molecule has 0 unspecified atom stereocenters. The zero-order chi connectivity index (χ0) is 15.3. The lowest BCUT2D eigenvalue weighted by molar-refractivity contribution is -0.118. The molecular weight excluding hydrogens is 344 g/mol. The van der Waals surface area contributed by atoms with E-state index in [4.69, 9.17) is 5.73 Å². The van der Waals surface area contributed by atoms with Crippen LogP contribution in [0.3, 0.4) is 0 Å². The molecule has 7 heteroatoms. The largest absolute Gasteiger partial charge is 0.398 e. The van der Waals surface area contributed by atoms with Gasteiger partial charge in [-0.05, 0) is 30.5 Å². The fourth-order valence-corrected chi connectivity index (χ4v) is 3.28. The molecule has 3 N–H and O–H groups in total. The lowest BCUT2D eigenvalue weighted by Crippen LogP contribution is -2.31. The van der Waals surface area contributed by atoms with Gasteiger partial charge in [0.05, 0.1) is 10.6 Å². The van der Waals surface area contributed by atoms with Gasteiger partial charge in [-0.25, -0.2) is 8.42 Å². The Bertz CT molecular complexity index is 585. The summed E-state index contributed by atoms with van der Waals surface area (Å²) in [6.45, 7) is 4.54. The van der Waals surface area contributed by atoms with E-state index in [2.05, 4.69) is 21.2 Å². The van der Waals surface area contributed by atoms with E-state index in [0.717, 1.165) is 6.42 Å². The Morgan fingerprint density at radius 1 is 1.40 bits per heavy atom. The number of amides is 1. The van der Waals surface area contributed by atoms with Crippen molar-refractivity contribution in [1.29, 1.82) is 0 Å². The van der Waals surface area contributed by atoms with E-state index in [0.29, 0.717) is 16.9 Å². The first-order valence-electron chi connectivity index (χ1n) is 6.27. The van der Waals surface area contributed by atoms with Crippen molar-refractivity contribution in [3.63, 3.8) is 0 Å². The lowest BCUT2D eigenvalue weighted by Gasteiger charge is -2.09. The SMILES string of the molecule is CC(C)CCNC(=O)CS(=O)(=O)c1ccc(Br)cc1N. The van der Waals surface area contributed by atoms with E-state index >= 15 is 0 Å². The van der Waals surface area contributed by atoms with Gasteiger partial charge in [0.2, 0.25) is 5.91 Å². The third-order valence-electron chi connectivity index (χ3n) is 2.67. The van der Waals surface area contributed by atoms with Crippen LogP contribution in [-0.4, -0.2) is 26.6 Å². The average molecular weight is 363 g/mol. The predicted molar refractivity (Wildman–Crippen MR) is 83.1 cm³/mol. The molecule has 1 amide bonds. The second kappa shape index (κ2) is 7.08. The molecule has 0 spiro atoms. The van der Waals surface area contributed by atoms with Gasteiger partial charge in [-0.15, -0.1) is 0 Å². The Hall–Kier alpha value is -1.08. The number of carbonyl (C=O) groups excluding carboxylic acids is 1. The van der Waals surface area contributed by atoms with Crippen LogP contribution in [0.5, 0.6) is 0 Å². The zero-order valence-corrected chi connectivity index (χ0v) is 13.9. The summed E-state index contributed by atoms with van der Waals surface area (Å²) in [6.07, 6.45) is 0.812. The topological polar surface area (TPSA) is 89.3 Å². The van der Waals surface area contributed by atoms with Crippen molar-refractivity contribution >= 4 is 37.4 Å². The smallest absolute Gasteiger partial charge is 0.235 e. The van der Waals surface area contributed by atoms with Crippen LogP contribution in [0, 0.1) is 5.92 Å². The number of carbonyl (C=O) groups is 1. The maximum absolute atomic E-state index is 12.1. The summed E-state index contributed by atoms with van der Waals surface area (Å²) in [5.74, 6) is -0.640. The lowest BCUT2D eigenvalue weighted by atomic mass is 10.1. The summed E-state index contributed by atoms with van der Waals surface area (Å²) < 4.78 is 24.9. The van der Waals surface area contributed by atoms with Crippen molar-refractivity contribution < 1.29 is 13.2 Å². The monoisotopic (exact) mass is 362 g/mol. The molecule has 20 heavy (non-hydrogen) atoms. The van der Waals surface area contributed by atoms with Crippen LogP contribution in [-0.2, 0) is 14.6 Å². The van der Waals surface area contributed by atoms with E-state index in [1.54, 1.807) is 6.07 Å². The molecule has 1 aromatic carbocycles. The van der Waals surface area contributed by atoms with Gasteiger partial charge < -0.3 is 11.1 Å². The molecule has 1 aromatic rings. The summed E-state index contributed by atoms with van der Waals surface area (Å²) in [5.41, 5.74) is 5.82. The molecule has 0 saturated heterocycles. The summed E-state index contributed by atoms with van der Waals surface area (Å²) in [7, 11) is -3.72. The Balaban J connectivity index is 2.72. The molecule has 112 valence electrons. The van der Waals surface area contributed by atoms with Gasteiger partial charge in [-0.1, -0.05) is 29.8 Å². The Kier molecular flexibility index (Phi) is 6.01.